The van der Waals surface area contributed by atoms with E-state index < -0.39 is 0 Å². The highest BCUT2D eigenvalue weighted by Gasteiger charge is 2.30. The third kappa shape index (κ3) is 2.72. The van der Waals surface area contributed by atoms with Crippen molar-refractivity contribution in [2.75, 3.05) is 6.54 Å². The number of hydrogen-bond acceptors (Lipinski definition) is 1. The molecule has 1 aromatic heterocycles. The lowest BCUT2D eigenvalue weighted by Crippen LogP contribution is -2.32. The van der Waals surface area contributed by atoms with Crippen molar-refractivity contribution in [2.24, 2.45) is 0 Å². The molecule has 1 aromatic carbocycles. The van der Waals surface area contributed by atoms with Crippen LogP contribution in [0.15, 0.2) is 30.5 Å². The number of benzene rings is 1. The van der Waals surface area contributed by atoms with Crippen LogP contribution in [0.25, 0.3) is 10.9 Å². The Bertz CT molecular complexity index is 598. The molecule has 0 saturated heterocycles. The van der Waals surface area contributed by atoms with Crippen LogP contribution >= 0.6 is 0 Å². The summed E-state index contributed by atoms with van der Waals surface area (Å²) in [6.45, 7) is 2.94. The summed E-state index contributed by atoms with van der Waals surface area (Å²) in [5, 5.41) is 1.29. The second-order valence-corrected chi connectivity index (χ2v) is 5.62. The normalized spacial score (nSPS) is 14.7. The smallest absolute Gasteiger partial charge is 0.222 e. The van der Waals surface area contributed by atoms with E-state index in [-0.39, 0.29) is 0 Å². The van der Waals surface area contributed by atoms with Crippen LogP contribution in [0.3, 0.4) is 0 Å². The zero-order chi connectivity index (χ0) is 13.9. The van der Waals surface area contributed by atoms with E-state index in [1.165, 1.54) is 29.3 Å². The van der Waals surface area contributed by atoms with Crippen LogP contribution in [0.4, 0.5) is 0 Å². The Morgan fingerprint density at radius 3 is 2.90 bits per heavy atom. The zero-order valence-electron chi connectivity index (χ0n) is 12.1. The van der Waals surface area contributed by atoms with E-state index in [9.17, 15) is 4.79 Å². The molecule has 1 N–H and O–H groups in total. The topological polar surface area (TPSA) is 36.1 Å². The van der Waals surface area contributed by atoms with Gasteiger partial charge in [0.1, 0.15) is 0 Å². The van der Waals surface area contributed by atoms with E-state index in [4.69, 9.17) is 0 Å². The highest BCUT2D eigenvalue weighted by molar-refractivity contribution is 5.83. The number of fused-ring (bicyclic) bond motifs is 1. The number of para-hydroxylation sites is 1. The molecule has 3 rings (SSSR count). The van der Waals surface area contributed by atoms with Crippen LogP contribution in [-0.4, -0.2) is 28.4 Å². The maximum absolute atomic E-state index is 12.2. The fourth-order valence-electron chi connectivity index (χ4n) is 2.94. The molecule has 3 heteroatoms. The molecule has 1 aliphatic carbocycles. The standard InChI is InChI=1S/C17H22N2O/c1-2-19(14-10-11-14)17(20)9-5-6-13-12-18-16-8-4-3-7-15(13)16/h3-4,7-8,12,14,18H,2,5-6,9-11H2,1H3. The zero-order valence-corrected chi connectivity index (χ0v) is 12.1. The van der Waals surface area contributed by atoms with Crippen LogP contribution < -0.4 is 0 Å². The first-order valence-corrected chi connectivity index (χ1v) is 7.64. The molecule has 1 aliphatic rings. The van der Waals surface area contributed by atoms with Crippen molar-refractivity contribution in [1.82, 2.24) is 9.88 Å². The average Bonchev–Trinajstić information content (AvgIpc) is 3.21. The average molecular weight is 270 g/mol. The molecule has 1 amide bonds. The summed E-state index contributed by atoms with van der Waals surface area (Å²) >= 11 is 0. The first kappa shape index (κ1) is 13.2. The first-order chi connectivity index (χ1) is 9.79. The van der Waals surface area contributed by atoms with E-state index in [1.807, 2.05) is 6.07 Å². The minimum Gasteiger partial charge on any atom is -0.361 e. The summed E-state index contributed by atoms with van der Waals surface area (Å²) in [6, 6.07) is 8.89. The number of amides is 1. The van der Waals surface area contributed by atoms with Crippen molar-refractivity contribution >= 4 is 16.8 Å². The quantitative estimate of drug-likeness (QED) is 0.856. The molecule has 0 atom stereocenters. The Labute approximate surface area is 120 Å². The molecule has 3 nitrogen and oxygen atoms in total. The highest BCUT2D eigenvalue weighted by atomic mass is 16.2. The summed E-state index contributed by atoms with van der Waals surface area (Å²) < 4.78 is 0. The molecule has 0 unspecified atom stereocenters. The summed E-state index contributed by atoms with van der Waals surface area (Å²) in [5.41, 5.74) is 2.50. The minimum absolute atomic E-state index is 0.329. The van der Waals surface area contributed by atoms with Crippen molar-refractivity contribution in [2.45, 2.75) is 45.1 Å². The number of nitrogens with one attached hydrogen (secondary N) is 1. The summed E-state index contributed by atoms with van der Waals surface area (Å²) in [7, 11) is 0. The van der Waals surface area contributed by atoms with Crippen molar-refractivity contribution in [1.29, 1.82) is 0 Å². The van der Waals surface area contributed by atoms with Crippen LogP contribution in [0, 0.1) is 0 Å². The van der Waals surface area contributed by atoms with Crippen LogP contribution in [-0.2, 0) is 11.2 Å². The maximum Gasteiger partial charge on any atom is 0.222 e. The molecular weight excluding hydrogens is 248 g/mol. The molecule has 0 bridgehead atoms. The molecule has 20 heavy (non-hydrogen) atoms. The van der Waals surface area contributed by atoms with E-state index in [0.29, 0.717) is 18.4 Å². The molecule has 0 aliphatic heterocycles. The van der Waals surface area contributed by atoms with Crippen molar-refractivity contribution in [3.05, 3.63) is 36.0 Å². The third-order valence-electron chi connectivity index (χ3n) is 4.16. The highest BCUT2D eigenvalue weighted by Crippen LogP contribution is 2.27. The number of aryl methyl sites for hydroxylation is 1. The number of hydrogen-bond donors (Lipinski definition) is 1. The lowest BCUT2D eigenvalue weighted by molar-refractivity contribution is -0.131. The van der Waals surface area contributed by atoms with E-state index >= 15 is 0 Å². The number of rotatable bonds is 6. The van der Waals surface area contributed by atoms with Gasteiger partial charge in [0.25, 0.3) is 0 Å². The number of nitrogens with zero attached hydrogens (tertiary/aromatic N) is 1. The largest absolute Gasteiger partial charge is 0.361 e. The molecule has 106 valence electrons. The van der Waals surface area contributed by atoms with Crippen molar-refractivity contribution in [3.63, 3.8) is 0 Å². The van der Waals surface area contributed by atoms with Gasteiger partial charge < -0.3 is 9.88 Å². The Hall–Kier alpha value is -1.77. The van der Waals surface area contributed by atoms with Gasteiger partial charge in [0.2, 0.25) is 5.91 Å². The van der Waals surface area contributed by atoms with Gasteiger partial charge in [0.15, 0.2) is 0 Å². The predicted molar refractivity (Wildman–Crippen MR) is 81.6 cm³/mol. The lowest BCUT2D eigenvalue weighted by atomic mass is 10.1. The maximum atomic E-state index is 12.2. The third-order valence-corrected chi connectivity index (χ3v) is 4.16. The number of aromatic nitrogens is 1. The molecular formula is C17H22N2O. The van der Waals surface area contributed by atoms with Crippen molar-refractivity contribution in [3.8, 4) is 0 Å². The van der Waals surface area contributed by atoms with E-state index in [0.717, 1.165) is 19.4 Å². The second kappa shape index (κ2) is 5.70. The lowest BCUT2D eigenvalue weighted by Gasteiger charge is -2.20. The number of H-pyrrole nitrogens is 1. The fourth-order valence-corrected chi connectivity index (χ4v) is 2.94. The Morgan fingerprint density at radius 2 is 2.15 bits per heavy atom. The van der Waals surface area contributed by atoms with Gasteiger partial charge in [0, 0.05) is 36.1 Å². The van der Waals surface area contributed by atoms with Crippen LogP contribution in [0.5, 0.6) is 0 Å². The van der Waals surface area contributed by atoms with Crippen LogP contribution in [0.2, 0.25) is 0 Å². The Balaban J connectivity index is 1.55. The molecule has 0 radical (unpaired) electrons. The number of carbonyl (C=O) groups excluding carboxylic acids is 1. The second-order valence-electron chi connectivity index (χ2n) is 5.62. The number of carbonyl (C=O) groups is 1. The van der Waals surface area contributed by atoms with Crippen LogP contribution in [0.1, 0.15) is 38.2 Å². The Morgan fingerprint density at radius 1 is 1.35 bits per heavy atom. The number of aromatic amines is 1. The Kier molecular flexibility index (Phi) is 3.77. The van der Waals surface area contributed by atoms with E-state index in [2.05, 4.69) is 41.2 Å². The SMILES string of the molecule is CCN(C(=O)CCCc1c[nH]c2ccccc12)C1CC1. The first-order valence-electron chi connectivity index (χ1n) is 7.64. The monoisotopic (exact) mass is 270 g/mol. The molecule has 0 spiro atoms. The van der Waals surface area contributed by atoms with Gasteiger partial charge in [-0.05, 0) is 44.2 Å². The van der Waals surface area contributed by atoms with Gasteiger partial charge in [0.05, 0.1) is 0 Å². The van der Waals surface area contributed by atoms with Gasteiger partial charge in [-0.3, -0.25) is 4.79 Å². The predicted octanol–water partition coefficient (Wildman–Crippen LogP) is 3.50. The summed E-state index contributed by atoms with van der Waals surface area (Å²) in [5.74, 6) is 0.329. The van der Waals surface area contributed by atoms with E-state index in [1.54, 1.807) is 0 Å². The van der Waals surface area contributed by atoms with Gasteiger partial charge in [-0.1, -0.05) is 18.2 Å². The molecule has 2 aromatic rings. The van der Waals surface area contributed by atoms with Gasteiger partial charge in [-0.2, -0.15) is 0 Å². The van der Waals surface area contributed by atoms with Crippen molar-refractivity contribution < 1.29 is 4.79 Å². The molecule has 1 saturated carbocycles. The fraction of sp³-hybridized carbons (Fsp3) is 0.471. The minimum atomic E-state index is 0.329. The van der Waals surface area contributed by atoms with Gasteiger partial charge >= 0.3 is 0 Å². The van der Waals surface area contributed by atoms with Gasteiger partial charge in [-0.15, -0.1) is 0 Å². The van der Waals surface area contributed by atoms with Gasteiger partial charge in [-0.25, -0.2) is 0 Å². The molecule has 1 heterocycles. The summed E-state index contributed by atoms with van der Waals surface area (Å²) in [4.78, 5) is 17.5. The summed E-state index contributed by atoms with van der Waals surface area (Å²) in [6.07, 6.45) is 7.05. The molecule has 1 fully saturated rings.